The van der Waals surface area contributed by atoms with E-state index in [1.165, 1.54) is 6.20 Å². The van der Waals surface area contributed by atoms with Gasteiger partial charge in [-0.05, 0) is 19.8 Å². The van der Waals surface area contributed by atoms with Crippen molar-refractivity contribution in [2.75, 3.05) is 12.4 Å². The minimum Gasteiger partial charge on any atom is -0.445 e. The average Bonchev–Trinajstić information content (AvgIpc) is 2.62. The summed E-state index contributed by atoms with van der Waals surface area (Å²) in [5.74, 6) is 1.01. The van der Waals surface area contributed by atoms with Crippen molar-refractivity contribution in [3.05, 3.63) is 17.8 Å². The average molecular weight is 248 g/mol. The Hall–Kier alpha value is -0.920. The molecule has 92 valence electrons. The van der Waals surface area contributed by atoms with Gasteiger partial charge >= 0.3 is 0 Å². The van der Waals surface area contributed by atoms with Crippen molar-refractivity contribution < 1.29 is 17.9 Å². The van der Waals surface area contributed by atoms with Crippen LogP contribution in [0, 0.1) is 6.92 Å². The van der Waals surface area contributed by atoms with E-state index in [1.54, 1.807) is 6.92 Å². The lowest BCUT2D eigenvalue weighted by atomic mass is 10.4. The van der Waals surface area contributed by atoms with Crippen LogP contribution in [0.5, 0.6) is 0 Å². The highest BCUT2D eigenvalue weighted by Gasteiger charge is 2.11. The maximum atomic E-state index is 11.4. The summed E-state index contributed by atoms with van der Waals surface area (Å²) < 4.78 is 30.4. The molecule has 0 atom stereocenters. The van der Waals surface area contributed by atoms with Crippen LogP contribution >= 0.6 is 0 Å². The number of unbranched alkanes of at least 4 members (excludes halogenated alkanes) is 1. The number of hydrogen-bond donors (Lipinski definition) is 2. The Balaban J connectivity index is 2.36. The van der Waals surface area contributed by atoms with Gasteiger partial charge in [0.05, 0.1) is 18.5 Å². The van der Waals surface area contributed by atoms with Gasteiger partial charge in [-0.15, -0.1) is 0 Å². The van der Waals surface area contributed by atoms with Gasteiger partial charge in [-0.1, -0.05) is 0 Å². The maximum Gasteiger partial charge on any atom is 0.212 e. The first-order valence-electron chi connectivity index (χ1n) is 5.03. The summed E-state index contributed by atoms with van der Waals surface area (Å²) in [6.45, 7) is 1.82. The van der Waals surface area contributed by atoms with E-state index >= 15 is 0 Å². The number of hydrogen-bond acceptors (Lipinski definition) is 5. The SMILES string of the molecule is Cc1cnc(CNS(=O)(=O)CCCCO)o1. The molecular formula is C9H16N2O4S. The number of oxazole rings is 1. The molecule has 1 heterocycles. The summed E-state index contributed by atoms with van der Waals surface area (Å²) in [4.78, 5) is 3.88. The van der Waals surface area contributed by atoms with E-state index in [1.807, 2.05) is 0 Å². The molecule has 7 heteroatoms. The monoisotopic (exact) mass is 248 g/mol. The van der Waals surface area contributed by atoms with Crippen LogP contribution < -0.4 is 4.72 Å². The Morgan fingerprint density at radius 3 is 2.81 bits per heavy atom. The summed E-state index contributed by atoms with van der Waals surface area (Å²) in [5, 5.41) is 8.53. The number of nitrogens with zero attached hydrogens (tertiary/aromatic N) is 1. The molecule has 0 unspecified atom stereocenters. The molecule has 2 N–H and O–H groups in total. The number of aliphatic hydroxyl groups is 1. The van der Waals surface area contributed by atoms with E-state index in [4.69, 9.17) is 9.52 Å². The number of aryl methyl sites for hydroxylation is 1. The van der Waals surface area contributed by atoms with Crippen LogP contribution in [-0.4, -0.2) is 30.9 Å². The van der Waals surface area contributed by atoms with Gasteiger partial charge in [-0.2, -0.15) is 0 Å². The number of sulfonamides is 1. The van der Waals surface area contributed by atoms with Crippen molar-refractivity contribution in [2.45, 2.75) is 26.3 Å². The second-order valence-corrected chi connectivity index (χ2v) is 5.36. The highest BCUT2D eigenvalue weighted by Crippen LogP contribution is 2.02. The van der Waals surface area contributed by atoms with Crippen molar-refractivity contribution >= 4 is 10.0 Å². The second-order valence-electron chi connectivity index (χ2n) is 3.44. The summed E-state index contributed by atoms with van der Waals surface area (Å²) in [6.07, 6.45) is 2.46. The van der Waals surface area contributed by atoms with E-state index in [0.717, 1.165) is 0 Å². The standard InChI is InChI=1S/C9H16N2O4S/c1-8-6-10-9(15-8)7-11-16(13,14)5-3-2-4-12/h6,11-12H,2-5,7H2,1H3. The minimum absolute atomic E-state index is 0.00719. The first-order chi connectivity index (χ1) is 7.53. The van der Waals surface area contributed by atoms with Crippen molar-refractivity contribution in [1.29, 1.82) is 0 Å². The summed E-state index contributed by atoms with van der Waals surface area (Å²) in [6, 6.07) is 0. The highest BCUT2D eigenvalue weighted by atomic mass is 32.2. The fraction of sp³-hybridized carbons (Fsp3) is 0.667. The van der Waals surface area contributed by atoms with E-state index in [9.17, 15) is 8.42 Å². The van der Waals surface area contributed by atoms with E-state index in [-0.39, 0.29) is 18.9 Å². The van der Waals surface area contributed by atoms with Gasteiger partial charge in [-0.3, -0.25) is 0 Å². The summed E-state index contributed by atoms with van der Waals surface area (Å²) in [7, 11) is -3.30. The van der Waals surface area contributed by atoms with Gasteiger partial charge in [0.1, 0.15) is 5.76 Å². The third-order valence-electron chi connectivity index (χ3n) is 1.93. The predicted molar refractivity (Wildman–Crippen MR) is 58.2 cm³/mol. The van der Waals surface area contributed by atoms with Gasteiger partial charge < -0.3 is 9.52 Å². The molecule has 0 spiro atoms. The van der Waals surface area contributed by atoms with Gasteiger partial charge in [0.15, 0.2) is 0 Å². The molecule has 0 aliphatic heterocycles. The zero-order chi connectivity index (χ0) is 12.0. The van der Waals surface area contributed by atoms with Crippen LogP contribution in [0.25, 0.3) is 0 Å². The number of aliphatic hydroxyl groups excluding tert-OH is 1. The Bertz CT molecular complexity index is 413. The van der Waals surface area contributed by atoms with Crippen LogP contribution in [0.1, 0.15) is 24.5 Å². The molecule has 0 bridgehead atoms. The maximum absolute atomic E-state index is 11.4. The Morgan fingerprint density at radius 2 is 2.25 bits per heavy atom. The molecule has 1 aromatic heterocycles. The third-order valence-corrected chi connectivity index (χ3v) is 3.34. The minimum atomic E-state index is -3.30. The highest BCUT2D eigenvalue weighted by molar-refractivity contribution is 7.89. The van der Waals surface area contributed by atoms with Crippen LogP contribution in [0.3, 0.4) is 0 Å². The molecule has 16 heavy (non-hydrogen) atoms. The lowest BCUT2D eigenvalue weighted by molar-refractivity contribution is 0.287. The molecule has 0 amide bonds. The van der Waals surface area contributed by atoms with Crippen LogP contribution in [0.2, 0.25) is 0 Å². The van der Waals surface area contributed by atoms with Crippen LogP contribution in [0.15, 0.2) is 10.6 Å². The molecule has 0 saturated heterocycles. The number of aromatic nitrogens is 1. The van der Waals surface area contributed by atoms with Crippen LogP contribution in [-0.2, 0) is 16.6 Å². The lowest BCUT2D eigenvalue weighted by Gasteiger charge is -2.03. The second kappa shape index (κ2) is 5.97. The van der Waals surface area contributed by atoms with Gasteiger partial charge in [0.25, 0.3) is 0 Å². The smallest absolute Gasteiger partial charge is 0.212 e. The molecule has 6 nitrogen and oxygen atoms in total. The number of nitrogens with one attached hydrogen (secondary N) is 1. The summed E-state index contributed by atoms with van der Waals surface area (Å²) in [5.41, 5.74) is 0. The van der Waals surface area contributed by atoms with Crippen molar-refractivity contribution in [3.8, 4) is 0 Å². The third kappa shape index (κ3) is 4.73. The number of rotatable bonds is 7. The first kappa shape index (κ1) is 13.1. The molecule has 0 aliphatic carbocycles. The van der Waals surface area contributed by atoms with E-state index in [0.29, 0.717) is 24.5 Å². The molecule has 1 aromatic rings. The van der Waals surface area contributed by atoms with Crippen molar-refractivity contribution in [3.63, 3.8) is 0 Å². The zero-order valence-electron chi connectivity index (χ0n) is 9.14. The quantitative estimate of drug-likeness (QED) is 0.671. The summed E-state index contributed by atoms with van der Waals surface area (Å²) >= 11 is 0. The molecule has 0 fully saturated rings. The van der Waals surface area contributed by atoms with Crippen LogP contribution in [0.4, 0.5) is 0 Å². The van der Waals surface area contributed by atoms with Crippen molar-refractivity contribution in [1.82, 2.24) is 9.71 Å². The molecule has 0 aromatic carbocycles. The largest absolute Gasteiger partial charge is 0.445 e. The zero-order valence-corrected chi connectivity index (χ0v) is 9.96. The molecule has 0 radical (unpaired) electrons. The van der Waals surface area contributed by atoms with Gasteiger partial charge in [0, 0.05) is 6.61 Å². The Morgan fingerprint density at radius 1 is 1.50 bits per heavy atom. The van der Waals surface area contributed by atoms with Crippen molar-refractivity contribution in [2.24, 2.45) is 0 Å². The predicted octanol–water partition coefficient (Wildman–Crippen LogP) is 0.175. The lowest BCUT2D eigenvalue weighted by Crippen LogP contribution is -2.26. The van der Waals surface area contributed by atoms with Gasteiger partial charge in [-0.25, -0.2) is 18.1 Å². The topological polar surface area (TPSA) is 92.4 Å². The molecule has 0 saturated carbocycles. The molecule has 1 rings (SSSR count). The molecule has 0 aliphatic rings. The van der Waals surface area contributed by atoms with E-state index in [2.05, 4.69) is 9.71 Å². The first-order valence-corrected chi connectivity index (χ1v) is 6.68. The van der Waals surface area contributed by atoms with Gasteiger partial charge in [0.2, 0.25) is 15.9 Å². The van der Waals surface area contributed by atoms with E-state index < -0.39 is 10.0 Å². The Labute approximate surface area is 94.7 Å². The normalized spacial score (nSPS) is 11.9. The fourth-order valence-corrected chi connectivity index (χ4v) is 2.20. The Kier molecular flexibility index (Phi) is 4.91. The fourth-order valence-electron chi connectivity index (χ4n) is 1.13. The molecular weight excluding hydrogens is 232 g/mol.